The number of rotatable bonds is 3. The van der Waals surface area contributed by atoms with Gasteiger partial charge in [-0.3, -0.25) is 0 Å². The number of pyridine rings is 1. The Labute approximate surface area is 124 Å². The predicted octanol–water partition coefficient (Wildman–Crippen LogP) is 3.48. The number of aromatic nitrogens is 1. The highest BCUT2D eigenvalue weighted by Crippen LogP contribution is 2.34. The third-order valence-corrected chi connectivity index (χ3v) is 3.06. The van der Waals surface area contributed by atoms with Gasteiger partial charge in [-0.2, -0.15) is 0 Å². The summed E-state index contributed by atoms with van der Waals surface area (Å²) in [5.41, 5.74) is -0.755. The van der Waals surface area contributed by atoms with E-state index in [1.54, 1.807) is 0 Å². The number of carbonyl (C=O) groups is 1. The Hall–Kier alpha value is -2.21. The smallest absolute Gasteiger partial charge is 0.341 e. The first-order valence-corrected chi connectivity index (χ1v) is 6.14. The fraction of sp³-hybridized carbons (Fsp3) is 0.143. The molecule has 21 heavy (non-hydrogen) atoms. The zero-order chi connectivity index (χ0) is 15.6. The summed E-state index contributed by atoms with van der Waals surface area (Å²) in [6, 6.07) is 4.87. The van der Waals surface area contributed by atoms with Gasteiger partial charge in [-0.1, -0.05) is 17.7 Å². The lowest BCUT2D eigenvalue weighted by atomic mass is 10.1. The van der Waals surface area contributed by atoms with Gasteiger partial charge in [0.25, 0.3) is 0 Å². The first kappa shape index (κ1) is 15.2. The Kier molecular flexibility index (Phi) is 4.37. The third-order valence-electron chi connectivity index (χ3n) is 2.77. The molecule has 0 aliphatic carbocycles. The molecule has 4 nitrogen and oxygen atoms in total. The number of nitrogens with zero attached hydrogens (tertiary/aromatic N) is 1. The second-order valence-electron chi connectivity index (χ2n) is 3.97. The van der Waals surface area contributed by atoms with E-state index >= 15 is 0 Å². The number of halogens is 3. The van der Waals surface area contributed by atoms with Crippen LogP contribution in [0.3, 0.4) is 0 Å². The minimum atomic E-state index is -0.914. The second kappa shape index (κ2) is 6.05. The fourth-order valence-electron chi connectivity index (χ4n) is 1.80. The summed E-state index contributed by atoms with van der Waals surface area (Å²) in [7, 11) is 2.45. The molecule has 2 rings (SSSR count). The molecule has 0 N–H and O–H groups in total. The Bertz CT molecular complexity index is 707. The molecule has 1 heterocycles. The molecule has 7 heteroatoms. The van der Waals surface area contributed by atoms with E-state index in [-0.39, 0.29) is 27.7 Å². The molecule has 0 saturated carbocycles. The monoisotopic (exact) mass is 313 g/mol. The van der Waals surface area contributed by atoms with Crippen LogP contribution in [0.1, 0.15) is 10.4 Å². The van der Waals surface area contributed by atoms with E-state index in [0.717, 1.165) is 19.2 Å². The van der Waals surface area contributed by atoms with Crippen LogP contribution in [0.2, 0.25) is 5.15 Å². The van der Waals surface area contributed by atoms with Gasteiger partial charge in [0.15, 0.2) is 5.82 Å². The van der Waals surface area contributed by atoms with Crippen LogP contribution in [0.25, 0.3) is 11.3 Å². The topological polar surface area (TPSA) is 48.4 Å². The molecule has 1 aromatic heterocycles. The van der Waals surface area contributed by atoms with Gasteiger partial charge in [0.05, 0.1) is 25.3 Å². The molecule has 0 fully saturated rings. The van der Waals surface area contributed by atoms with Crippen molar-refractivity contribution in [3.05, 3.63) is 46.6 Å². The lowest BCUT2D eigenvalue weighted by molar-refractivity contribution is 0.0600. The van der Waals surface area contributed by atoms with E-state index in [2.05, 4.69) is 9.72 Å². The van der Waals surface area contributed by atoms with Crippen LogP contribution in [-0.4, -0.2) is 25.2 Å². The molecule has 0 saturated heterocycles. The van der Waals surface area contributed by atoms with Crippen molar-refractivity contribution < 1.29 is 23.0 Å². The number of esters is 1. The summed E-state index contributed by atoms with van der Waals surface area (Å²) in [6.07, 6.45) is 0. The van der Waals surface area contributed by atoms with Crippen LogP contribution in [0, 0.1) is 11.6 Å². The number of benzene rings is 1. The molecule has 0 spiro atoms. The largest absolute Gasteiger partial charge is 0.496 e. The maximum absolute atomic E-state index is 14.2. The Balaban J connectivity index is 2.67. The predicted molar refractivity (Wildman–Crippen MR) is 72.5 cm³/mol. The minimum Gasteiger partial charge on any atom is -0.496 e. The maximum atomic E-state index is 14.2. The number of ether oxygens (including phenoxy) is 2. The molecule has 0 bridgehead atoms. The normalized spacial score (nSPS) is 10.3. The van der Waals surface area contributed by atoms with Gasteiger partial charge in [-0.05, 0) is 18.2 Å². The van der Waals surface area contributed by atoms with E-state index in [1.165, 1.54) is 19.2 Å². The molecular weight excluding hydrogens is 304 g/mol. The number of methoxy groups -OCH3 is 2. The van der Waals surface area contributed by atoms with Gasteiger partial charge >= 0.3 is 5.97 Å². The SMILES string of the molecule is COC(=O)c1cc(F)c(-c2c(F)cccc2OC)nc1Cl. The maximum Gasteiger partial charge on any atom is 0.341 e. The highest BCUT2D eigenvalue weighted by molar-refractivity contribution is 6.32. The van der Waals surface area contributed by atoms with Crippen LogP contribution < -0.4 is 4.74 Å². The Morgan fingerprint density at radius 3 is 2.57 bits per heavy atom. The standard InChI is InChI=1S/C14H10ClF2NO3/c1-20-10-5-3-4-8(16)11(10)12-9(17)6-7(13(15)18-12)14(19)21-2/h3-6H,1-2H3. The van der Waals surface area contributed by atoms with E-state index in [0.29, 0.717) is 0 Å². The van der Waals surface area contributed by atoms with Crippen LogP contribution in [0.15, 0.2) is 24.3 Å². The Morgan fingerprint density at radius 1 is 1.24 bits per heavy atom. The quantitative estimate of drug-likeness (QED) is 0.643. The molecule has 2 aromatic rings. The van der Waals surface area contributed by atoms with Crippen LogP contribution in [0.5, 0.6) is 5.75 Å². The van der Waals surface area contributed by atoms with Gasteiger partial charge in [-0.25, -0.2) is 18.6 Å². The molecule has 0 unspecified atom stereocenters. The van der Waals surface area contributed by atoms with E-state index in [9.17, 15) is 13.6 Å². The summed E-state index contributed by atoms with van der Waals surface area (Å²) >= 11 is 5.83. The van der Waals surface area contributed by atoms with Crippen molar-refractivity contribution in [2.75, 3.05) is 14.2 Å². The van der Waals surface area contributed by atoms with Crippen molar-refractivity contribution >= 4 is 17.6 Å². The molecule has 0 aliphatic heterocycles. The van der Waals surface area contributed by atoms with Gasteiger partial charge < -0.3 is 9.47 Å². The average Bonchev–Trinajstić information content (AvgIpc) is 2.48. The van der Waals surface area contributed by atoms with Gasteiger partial charge in [0.1, 0.15) is 22.4 Å². The van der Waals surface area contributed by atoms with Crippen molar-refractivity contribution in [2.24, 2.45) is 0 Å². The number of hydrogen-bond acceptors (Lipinski definition) is 4. The third kappa shape index (κ3) is 2.80. The fourth-order valence-corrected chi connectivity index (χ4v) is 2.02. The molecular formula is C14H10ClF2NO3. The van der Waals surface area contributed by atoms with Crippen molar-refractivity contribution in [3.63, 3.8) is 0 Å². The molecule has 1 aromatic carbocycles. The first-order chi connectivity index (χ1) is 9.99. The molecule has 110 valence electrons. The van der Waals surface area contributed by atoms with E-state index in [4.69, 9.17) is 16.3 Å². The van der Waals surface area contributed by atoms with E-state index in [1.807, 2.05) is 0 Å². The van der Waals surface area contributed by atoms with Crippen LogP contribution in [-0.2, 0) is 4.74 Å². The number of carbonyl (C=O) groups excluding carboxylic acids is 1. The zero-order valence-electron chi connectivity index (χ0n) is 11.1. The highest BCUT2D eigenvalue weighted by Gasteiger charge is 2.22. The van der Waals surface area contributed by atoms with Crippen molar-refractivity contribution in [1.29, 1.82) is 0 Å². The van der Waals surface area contributed by atoms with Crippen LogP contribution >= 0.6 is 11.6 Å². The molecule has 0 radical (unpaired) electrons. The average molecular weight is 314 g/mol. The summed E-state index contributed by atoms with van der Waals surface area (Å²) in [4.78, 5) is 15.2. The number of hydrogen-bond donors (Lipinski definition) is 0. The Morgan fingerprint density at radius 2 is 1.95 bits per heavy atom. The summed E-state index contributed by atoms with van der Waals surface area (Å²) in [6.45, 7) is 0. The van der Waals surface area contributed by atoms with Crippen molar-refractivity contribution in [1.82, 2.24) is 4.98 Å². The van der Waals surface area contributed by atoms with E-state index < -0.39 is 17.6 Å². The van der Waals surface area contributed by atoms with Gasteiger partial charge in [0, 0.05) is 0 Å². The minimum absolute atomic E-state index is 0.100. The lowest BCUT2D eigenvalue weighted by Crippen LogP contribution is -2.06. The van der Waals surface area contributed by atoms with Crippen LogP contribution in [0.4, 0.5) is 8.78 Å². The molecule has 0 amide bonds. The highest BCUT2D eigenvalue weighted by atomic mass is 35.5. The zero-order valence-corrected chi connectivity index (χ0v) is 11.9. The van der Waals surface area contributed by atoms with Crippen molar-refractivity contribution in [2.45, 2.75) is 0 Å². The van der Waals surface area contributed by atoms with Gasteiger partial charge in [-0.15, -0.1) is 0 Å². The first-order valence-electron chi connectivity index (χ1n) is 5.76. The molecule has 0 aliphatic rings. The lowest BCUT2D eigenvalue weighted by Gasteiger charge is -2.11. The summed E-state index contributed by atoms with van der Waals surface area (Å²) in [5.74, 6) is -2.37. The summed E-state index contributed by atoms with van der Waals surface area (Å²) in [5, 5.41) is -0.288. The molecule has 0 atom stereocenters. The second-order valence-corrected chi connectivity index (χ2v) is 4.32. The van der Waals surface area contributed by atoms with Crippen molar-refractivity contribution in [3.8, 4) is 17.0 Å². The summed E-state index contributed by atoms with van der Waals surface area (Å²) < 4.78 is 37.5. The van der Waals surface area contributed by atoms with Gasteiger partial charge in [0.2, 0.25) is 0 Å².